The highest BCUT2D eigenvalue weighted by atomic mass is 32.2. The van der Waals surface area contributed by atoms with Crippen LogP contribution in [0.1, 0.15) is 52.0 Å². The molecule has 248 valence electrons. The number of rotatable bonds is 14. The minimum absolute atomic E-state index is 0.130. The first-order valence-electron chi connectivity index (χ1n) is 14.1. The highest BCUT2D eigenvalue weighted by molar-refractivity contribution is 7.93. The molecule has 1 aromatic carbocycles. The van der Waals surface area contributed by atoms with Crippen molar-refractivity contribution in [2.24, 2.45) is 5.41 Å². The fourth-order valence-electron chi connectivity index (χ4n) is 4.52. The second kappa shape index (κ2) is 16.0. The van der Waals surface area contributed by atoms with Crippen LogP contribution in [0.3, 0.4) is 0 Å². The van der Waals surface area contributed by atoms with Gasteiger partial charge >= 0.3 is 18.0 Å². The average Bonchev–Trinajstić information content (AvgIpc) is 3.42. The largest absolute Gasteiger partial charge is 0.481 e. The Morgan fingerprint density at radius 1 is 1.00 bits per heavy atom. The van der Waals surface area contributed by atoms with E-state index in [1.54, 1.807) is 51.1 Å². The van der Waals surface area contributed by atoms with Crippen molar-refractivity contribution < 1.29 is 52.1 Å². The molecule has 1 aliphatic heterocycles. The van der Waals surface area contributed by atoms with E-state index in [0.29, 0.717) is 12.0 Å². The van der Waals surface area contributed by atoms with Gasteiger partial charge in [0.2, 0.25) is 17.7 Å². The molecule has 0 aliphatic carbocycles. The van der Waals surface area contributed by atoms with Crippen LogP contribution < -0.4 is 16.0 Å². The number of ether oxygens (including phenoxy) is 1. The van der Waals surface area contributed by atoms with E-state index < -0.39 is 88.0 Å². The van der Waals surface area contributed by atoms with E-state index in [-0.39, 0.29) is 19.6 Å². The number of nitrogens with zero attached hydrogens (tertiary/aromatic N) is 1. The van der Waals surface area contributed by atoms with Gasteiger partial charge in [-0.05, 0) is 23.8 Å². The molecule has 1 fully saturated rings. The zero-order valence-corrected chi connectivity index (χ0v) is 26.3. The Morgan fingerprint density at radius 2 is 1.62 bits per heavy atom. The van der Waals surface area contributed by atoms with E-state index in [4.69, 9.17) is 4.74 Å². The number of nitrogens with one attached hydrogen (secondary N) is 3. The Labute approximate surface area is 261 Å². The summed E-state index contributed by atoms with van der Waals surface area (Å²) in [6.45, 7) is 4.94. The monoisotopic (exact) mass is 652 g/mol. The molecule has 4 atom stereocenters. The summed E-state index contributed by atoms with van der Waals surface area (Å²) in [5, 5.41) is 26.6. The minimum Gasteiger partial charge on any atom is -0.481 e. The summed E-state index contributed by atoms with van der Waals surface area (Å²) in [7, 11) is -3.61. The molecule has 2 rings (SSSR count). The lowest BCUT2D eigenvalue weighted by atomic mass is 9.85. The van der Waals surface area contributed by atoms with Gasteiger partial charge in [-0.1, -0.05) is 57.2 Å². The number of hydrogen-bond donors (Lipinski definition) is 5. The van der Waals surface area contributed by atoms with Gasteiger partial charge < -0.3 is 35.8 Å². The first kappa shape index (κ1) is 36.7. The zero-order valence-electron chi connectivity index (χ0n) is 25.5. The maximum Gasteiger partial charge on any atom is 0.408 e. The second-order valence-corrected chi connectivity index (χ2v) is 13.7. The summed E-state index contributed by atoms with van der Waals surface area (Å²) in [6, 6.07) is 3.57. The number of aliphatic carboxylic acids is 2. The van der Waals surface area contributed by atoms with Crippen LogP contribution >= 0.6 is 0 Å². The van der Waals surface area contributed by atoms with Crippen LogP contribution in [-0.2, 0) is 45.2 Å². The number of carboxylic acids is 2. The third-order valence-electron chi connectivity index (χ3n) is 6.72. The number of benzene rings is 1. The summed E-state index contributed by atoms with van der Waals surface area (Å²) >= 11 is 0. The van der Waals surface area contributed by atoms with E-state index in [1.807, 2.05) is 0 Å². The lowest BCUT2D eigenvalue weighted by Crippen LogP contribution is -2.60. The Balaban J connectivity index is 2.20. The quantitative estimate of drug-likeness (QED) is 0.189. The van der Waals surface area contributed by atoms with Gasteiger partial charge in [0, 0.05) is 18.2 Å². The maximum atomic E-state index is 13.8. The number of alkyl carbamates (subject to hydrolysis) is 1. The number of sulfone groups is 1. The van der Waals surface area contributed by atoms with Crippen molar-refractivity contribution in [3.63, 3.8) is 0 Å². The van der Waals surface area contributed by atoms with Crippen LogP contribution in [0.15, 0.2) is 41.8 Å². The number of carbonyl (C=O) groups is 6. The summed E-state index contributed by atoms with van der Waals surface area (Å²) < 4.78 is 28.2. The second-order valence-electron chi connectivity index (χ2n) is 11.7. The van der Waals surface area contributed by atoms with Crippen LogP contribution in [-0.4, -0.2) is 96.3 Å². The molecule has 1 aromatic rings. The molecule has 0 radical (unpaired) electrons. The molecule has 0 unspecified atom stereocenters. The Kier molecular flexibility index (Phi) is 13.1. The van der Waals surface area contributed by atoms with Crippen LogP contribution in [0, 0.1) is 5.41 Å². The van der Waals surface area contributed by atoms with Crippen LogP contribution in [0.25, 0.3) is 0 Å². The highest BCUT2D eigenvalue weighted by Crippen LogP contribution is 2.26. The van der Waals surface area contributed by atoms with Crippen LogP contribution in [0.4, 0.5) is 4.79 Å². The summed E-state index contributed by atoms with van der Waals surface area (Å²) in [5.74, 6) is -5.02. The van der Waals surface area contributed by atoms with Gasteiger partial charge in [0.05, 0.1) is 18.9 Å². The Morgan fingerprint density at radius 3 is 2.18 bits per heavy atom. The van der Waals surface area contributed by atoms with Crippen molar-refractivity contribution in [1.29, 1.82) is 0 Å². The molecule has 0 saturated carbocycles. The molecule has 4 amide bonds. The third-order valence-corrected chi connectivity index (χ3v) is 7.37. The summed E-state index contributed by atoms with van der Waals surface area (Å²) in [5.41, 5.74) is -0.280. The van der Waals surface area contributed by atoms with E-state index in [1.165, 1.54) is 4.90 Å². The molecule has 16 heteroatoms. The van der Waals surface area contributed by atoms with Gasteiger partial charge in [-0.2, -0.15) is 0 Å². The molecule has 0 bridgehead atoms. The predicted octanol–water partition coefficient (Wildman–Crippen LogP) is 0.796. The first-order valence-corrected chi connectivity index (χ1v) is 16.0. The number of carboxylic acid groups (broad SMARTS) is 2. The number of amides is 4. The molecule has 0 aromatic heterocycles. The van der Waals surface area contributed by atoms with Gasteiger partial charge in [-0.25, -0.2) is 13.2 Å². The molecule has 45 heavy (non-hydrogen) atoms. The zero-order chi connectivity index (χ0) is 33.9. The van der Waals surface area contributed by atoms with Crippen molar-refractivity contribution >= 4 is 45.6 Å². The van der Waals surface area contributed by atoms with Crippen LogP contribution in [0.5, 0.6) is 0 Å². The smallest absolute Gasteiger partial charge is 0.408 e. The van der Waals surface area contributed by atoms with Gasteiger partial charge in [-0.3, -0.25) is 24.0 Å². The molecular weight excluding hydrogens is 612 g/mol. The van der Waals surface area contributed by atoms with Gasteiger partial charge in [-0.15, -0.1) is 0 Å². The van der Waals surface area contributed by atoms with E-state index >= 15 is 0 Å². The topological polar surface area (TPSA) is 226 Å². The molecule has 0 spiro atoms. The fourth-order valence-corrected chi connectivity index (χ4v) is 5.00. The van der Waals surface area contributed by atoms with Crippen molar-refractivity contribution in [3.05, 3.63) is 47.4 Å². The van der Waals surface area contributed by atoms with E-state index in [9.17, 15) is 47.4 Å². The molecule has 15 nitrogen and oxygen atoms in total. The van der Waals surface area contributed by atoms with Gasteiger partial charge in [0.1, 0.15) is 24.7 Å². The molecular formula is C29H40N4O11S. The predicted molar refractivity (Wildman–Crippen MR) is 160 cm³/mol. The Hall–Kier alpha value is -4.47. The lowest BCUT2D eigenvalue weighted by molar-refractivity contribution is -0.145. The average molecular weight is 653 g/mol. The summed E-state index contributed by atoms with van der Waals surface area (Å²) in [6.07, 6.45) is 0.119. The number of hydrogen-bond acceptors (Lipinski definition) is 9. The van der Waals surface area contributed by atoms with Crippen molar-refractivity contribution in [2.75, 3.05) is 12.8 Å². The normalized spacial score (nSPS) is 17.2. The van der Waals surface area contributed by atoms with E-state index in [0.717, 1.165) is 17.7 Å². The molecule has 5 N–H and O–H groups in total. The van der Waals surface area contributed by atoms with E-state index in [2.05, 4.69) is 16.0 Å². The number of carbonyl (C=O) groups excluding carboxylic acids is 4. The Bertz CT molecular complexity index is 1390. The highest BCUT2D eigenvalue weighted by Gasteiger charge is 2.43. The molecule has 1 saturated heterocycles. The standard InChI is InChI=1S/C29H40N4O11S/c1-29(2,3)24(32-25(38)20(16-23(36)37)31-28(41)44-17-18-9-6-5-7-10-18)27(40)33-13-8-11-21(33)26(39)30-19(15-22(34)35)12-14-45(4,42)43/h5-7,9-10,12,14,19-21,24H,8,11,13,15-17H2,1-4H3,(H,30,39)(H,31,41)(H,32,38)(H,34,35)(H,36,37)/b14-12+/t19-,20+,21+,24-/m1/s1. The van der Waals surface area contributed by atoms with Crippen molar-refractivity contribution in [2.45, 2.75) is 77.2 Å². The number of likely N-dealkylation sites (tertiary alicyclic amines) is 1. The summed E-state index contributed by atoms with van der Waals surface area (Å²) in [4.78, 5) is 76.7. The third kappa shape index (κ3) is 12.6. The van der Waals surface area contributed by atoms with Crippen molar-refractivity contribution in [3.8, 4) is 0 Å². The van der Waals surface area contributed by atoms with Crippen LogP contribution in [0.2, 0.25) is 0 Å². The molecule has 1 aliphatic rings. The lowest BCUT2D eigenvalue weighted by Gasteiger charge is -2.36. The van der Waals surface area contributed by atoms with Gasteiger partial charge in [0.25, 0.3) is 0 Å². The maximum absolute atomic E-state index is 13.8. The SMILES string of the molecule is CC(C)(C)[C@H](NC(=O)[C@H](CC(=O)O)NC(=O)OCc1ccccc1)C(=O)N1CCC[C@H]1C(=O)N[C@H](/C=C/S(C)(=O)=O)CC(=O)O. The van der Waals surface area contributed by atoms with Gasteiger partial charge in [0.15, 0.2) is 9.84 Å². The molecule has 1 heterocycles. The van der Waals surface area contributed by atoms with Crippen molar-refractivity contribution in [1.82, 2.24) is 20.9 Å². The fraction of sp³-hybridized carbons (Fsp3) is 0.517. The first-order chi connectivity index (χ1) is 20.9. The minimum atomic E-state index is -3.61.